The van der Waals surface area contributed by atoms with Gasteiger partial charge in [-0.1, -0.05) is 168 Å². The summed E-state index contributed by atoms with van der Waals surface area (Å²) in [6.45, 7) is 5.73. The van der Waals surface area contributed by atoms with E-state index in [9.17, 15) is 39.4 Å². The molecule has 16 bridgehead atoms. The maximum atomic E-state index is 12.7. The normalized spacial score (nSPS) is 14.5. The fourth-order valence-corrected chi connectivity index (χ4v) is 11.4. The Morgan fingerprint density at radius 1 is 0.434 bits per heavy atom. The molecule has 0 radical (unpaired) electrons. The van der Waals surface area contributed by atoms with Crippen LogP contribution in [0.2, 0.25) is 0 Å². The zero-order chi connectivity index (χ0) is 78.6. The highest BCUT2D eigenvalue weighted by Gasteiger charge is 2.35. The quantitative estimate of drug-likeness (QED) is 0.0412. The Kier molecular flexibility index (Phi) is 33.8. The molecule has 0 spiro atoms. The SMILES string of the molecule is C.C.C.CCOC(=O)N1Cc2cccc(c2)C/C=C/CCOc2nc(N)c([N+](=O)[O-])c1n2.CCOC(=O)N1Cc2cccc(c2)C/C=C\CCOc2nc(N)c([N+](=O)[O-])c1n2.FF.FF.Nc1nc2nc3c1[nH]c(=O)n3Cc1cccc(c1)C/C=C/CCO2.Nc1nc2nc3c1[nH]c(=O)n3Cc1cccc(c1)C/C=C\CCO2. The molecule has 10 heterocycles. The summed E-state index contributed by atoms with van der Waals surface area (Å²) in [6.07, 6.45) is 20.6. The van der Waals surface area contributed by atoms with E-state index in [0.717, 1.165) is 68.9 Å². The summed E-state index contributed by atoms with van der Waals surface area (Å²) in [7, 11) is 0. The number of H-pyrrole nitrogens is 2. The molecular formula is C75H88F4N20O14. The second-order valence-corrected chi connectivity index (χ2v) is 24.0. The molecular weight excluding hydrogens is 1480 g/mol. The van der Waals surface area contributed by atoms with Crippen LogP contribution < -0.4 is 63.1 Å². The zero-order valence-corrected chi connectivity index (χ0v) is 59.4. The number of rotatable bonds is 4. The predicted octanol–water partition coefficient (Wildman–Crippen LogP) is 12.9. The highest BCUT2D eigenvalue weighted by Crippen LogP contribution is 2.36. The number of benzene rings is 4. The molecule has 2 amide bonds. The molecule has 10 N–H and O–H groups in total. The average Bonchev–Trinajstić information content (AvgIpc) is 1.58. The number of anilines is 6. The van der Waals surface area contributed by atoms with Crippen molar-refractivity contribution in [3.63, 3.8) is 0 Å². The van der Waals surface area contributed by atoms with E-state index in [1.54, 1.807) is 23.0 Å². The third-order valence-corrected chi connectivity index (χ3v) is 16.3. The molecule has 4 aromatic carbocycles. The van der Waals surface area contributed by atoms with Crippen LogP contribution in [-0.4, -0.2) is 121 Å². The van der Waals surface area contributed by atoms with Crippen LogP contribution in [0.25, 0.3) is 22.3 Å². The van der Waals surface area contributed by atoms with E-state index in [1.807, 2.05) is 97.1 Å². The number of nitrogens with one attached hydrogen (secondary N) is 2. The van der Waals surface area contributed by atoms with E-state index in [-0.39, 0.29) is 132 Å². The highest BCUT2D eigenvalue weighted by atomic mass is 20.0. The predicted molar refractivity (Wildman–Crippen MR) is 418 cm³/mol. The van der Waals surface area contributed by atoms with Crippen molar-refractivity contribution in [2.45, 2.75) is 114 Å². The molecule has 0 fully saturated rings. The van der Waals surface area contributed by atoms with Crippen LogP contribution in [-0.2, 0) is 61.3 Å². The van der Waals surface area contributed by atoms with Crippen LogP contribution in [0, 0.1) is 20.2 Å². The number of fused-ring (bicyclic) bond motifs is 14. The summed E-state index contributed by atoms with van der Waals surface area (Å²) >= 11 is 0. The van der Waals surface area contributed by atoms with E-state index in [0.29, 0.717) is 74.3 Å². The van der Waals surface area contributed by atoms with Crippen molar-refractivity contribution in [3.8, 4) is 24.0 Å². The number of nitro groups is 2. The van der Waals surface area contributed by atoms with Gasteiger partial charge in [-0.15, -0.1) is 0 Å². The minimum atomic E-state index is -0.781. The number of ether oxygens (including phenoxy) is 6. The number of nitrogens with two attached hydrogens (primary N) is 4. The Labute approximate surface area is 644 Å². The lowest BCUT2D eigenvalue weighted by atomic mass is 10.1. The number of hydrogen-bond acceptors (Lipinski definition) is 26. The number of hydrogen-bond donors (Lipinski definition) is 6. The number of aromatic amines is 2. The maximum Gasteiger partial charge on any atom is 0.415 e. The first-order valence-corrected chi connectivity index (χ1v) is 34.2. The van der Waals surface area contributed by atoms with E-state index >= 15 is 0 Å². The van der Waals surface area contributed by atoms with Crippen LogP contribution in [0.15, 0.2) is 155 Å². The van der Waals surface area contributed by atoms with Gasteiger partial charge in [0.25, 0.3) is 0 Å². The number of allylic oxidation sites excluding steroid dienone is 4. The van der Waals surface area contributed by atoms with Crippen molar-refractivity contribution in [1.82, 2.24) is 59.0 Å². The maximum absolute atomic E-state index is 12.7. The van der Waals surface area contributed by atoms with Gasteiger partial charge in [0.15, 0.2) is 22.9 Å². The van der Waals surface area contributed by atoms with Gasteiger partial charge in [0.05, 0.1) is 75.7 Å². The molecule has 6 aromatic heterocycles. The van der Waals surface area contributed by atoms with Crippen LogP contribution in [0.4, 0.5) is 74.2 Å². The van der Waals surface area contributed by atoms with Crippen molar-refractivity contribution in [3.05, 3.63) is 231 Å². The molecule has 4 aliphatic rings. The monoisotopic (exact) mass is 1570 g/mol. The fraction of sp³-hybridized carbons (Fsp3) is 0.307. The van der Waals surface area contributed by atoms with Crippen molar-refractivity contribution in [2.75, 3.05) is 72.4 Å². The van der Waals surface area contributed by atoms with Gasteiger partial charge in [0.2, 0.25) is 23.3 Å². The Morgan fingerprint density at radius 2 is 0.708 bits per heavy atom. The number of aromatic nitrogens is 12. The van der Waals surface area contributed by atoms with Gasteiger partial charge in [-0.25, -0.2) is 19.2 Å². The minimum absolute atomic E-state index is 0. The van der Waals surface area contributed by atoms with E-state index in [2.05, 4.69) is 98.4 Å². The number of carbonyl (C=O) groups excluding carboxylic acids is 2. The lowest BCUT2D eigenvalue weighted by Gasteiger charge is -2.22. The minimum Gasteiger partial charge on any atom is -0.463 e. The van der Waals surface area contributed by atoms with Gasteiger partial charge in [0, 0.05) is 18.3 Å². The Bertz CT molecular complexity index is 4840. The molecule has 14 rings (SSSR count). The zero-order valence-electron chi connectivity index (χ0n) is 59.4. The summed E-state index contributed by atoms with van der Waals surface area (Å²) in [5.74, 6) is -0.895. The molecule has 34 nitrogen and oxygen atoms in total. The molecule has 0 saturated heterocycles. The molecule has 10 aromatic rings. The summed E-state index contributed by atoms with van der Waals surface area (Å²) < 4.78 is 67.4. The molecule has 0 saturated carbocycles. The van der Waals surface area contributed by atoms with Crippen molar-refractivity contribution < 1.29 is 66.2 Å². The molecule has 600 valence electrons. The topological polar surface area (TPSA) is 465 Å². The summed E-state index contributed by atoms with van der Waals surface area (Å²) in [5.41, 5.74) is 31.7. The molecule has 38 heteroatoms. The largest absolute Gasteiger partial charge is 0.463 e. The molecule has 4 aliphatic heterocycles. The molecule has 0 aliphatic carbocycles. The first-order valence-electron chi connectivity index (χ1n) is 34.2. The molecule has 0 unspecified atom stereocenters. The van der Waals surface area contributed by atoms with Crippen LogP contribution in [0.5, 0.6) is 24.0 Å². The summed E-state index contributed by atoms with van der Waals surface area (Å²) in [6, 6.07) is 31.6. The lowest BCUT2D eigenvalue weighted by molar-refractivity contribution is -0.383. The van der Waals surface area contributed by atoms with E-state index in [1.165, 1.54) is 11.1 Å². The van der Waals surface area contributed by atoms with Gasteiger partial charge < -0.3 is 61.3 Å². The first-order chi connectivity index (χ1) is 53.4. The van der Waals surface area contributed by atoms with Crippen LogP contribution in [0.3, 0.4) is 0 Å². The van der Waals surface area contributed by atoms with Gasteiger partial charge in [-0.05, 0) is 110 Å². The van der Waals surface area contributed by atoms with Crippen LogP contribution in [0.1, 0.15) is 106 Å². The van der Waals surface area contributed by atoms with E-state index < -0.39 is 33.4 Å². The second kappa shape index (κ2) is 43.4. The Hall–Kier alpha value is -13.8. The van der Waals surface area contributed by atoms with Gasteiger partial charge in [-0.2, -0.15) is 39.9 Å². The van der Waals surface area contributed by atoms with Crippen molar-refractivity contribution in [2.24, 2.45) is 0 Å². The number of carbonyl (C=O) groups is 2. The Morgan fingerprint density at radius 3 is 1.00 bits per heavy atom. The van der Waals surface area contributed by atoms with Crippen molar-refractivity contribution in [1.29, 1.82) is 0 Å². The second-order valence-electron chi connectivity index (χ2n) is 24.0. The highest BCUT2D eigenvalue weighted by molar-refractivity contribution is 5.92. The smallest absolute Gasteiger partial charge is 0.415 e. The van der Waals surface area contributed by atoms with Gasteiger partial charge in [0.1, 0.15) is 11.0 Å². The van der Waals surface area contributed by atoms with Gasteiger partial charge >= 0.3 is 59.0 Å². The number of nitrogen functional groups attached to an aromatic ring is 4. The Balaban J connectivity index is 0.000000230. The van der Waals surface area contributed by atoms with E-state index in [4.69, 9.17) is 69.7 Å². The first kappa shape index (κ1) is 88.1. The summed E-state index contributed by atoms with van der Waals surface area (Å²) in [5, 5.41) is 23.3. The van der Waals surface area contributed by atoms with Crippen molar-refractivity contribution >= 4 is 80.8 Å². The average molecular weight is 1570 g/mol. The number of nitrogens with zero attached hydrogens (tertiary/aromatic N) is 14. The molecule has 0 atom stereocenters. The third kappa shape index (κ3) is 23.6. The molecule has 113 heavy (non-hydrogen) atoms. The number of imidazole rings is 2. The third-order valence-electron chi connectivity index (χ3n) is 16.3. The summed E-state index contributed by atoms with van der Waals surface area (Å²) in [4.78, 5) is 112. The number of halogens is 4. The fourth-order valence-electron chi connectivity index (χ4n) is 11.4. The van der Waals surface area contributed by atoms with Gasteiger partial charge in [-0.3, -0.25) is 39.2 Å². The standard InChI is InChI=1S/2C19H21N5O5.2C17H17N5O2.3CH4.2F2/c2*1-2-28-19(25)23-12-14-9-6-8-13(11-14)7-4-3-5-10-29-18-21-16(20)15(24(26)27)17(23)22-18;2*18-14-13-15-21-16(20-14)24-8-3-1-2-5-11-6-4-7-12(9-11)10-22(15)17(23)19-13;;;;2*1-2/h2*3-4,6,8-9,11H,2,5,7,10,12H2,1H3,(H2,20,21,22);2*1-2,4,6-7,9H,3,5,8,10H2,(H,19,23)(H2,18,20,21);3*1H4;;/b4-3+;4-3-;2-1+;2-1-;;;;;. The van der Waals surface area contributed by atoms with Crippen LogP contribution >= 0.6 is 0 Å². The number of amides is 2. The lowest BCUT2D eigenvalue weighted by Crippen LogP contribution is -2.33.